The van der Waals surface area contributed by atoms with E-state index in [9.17, 15) is 10.5 Å². The Hall–Kier alpha value is -3.10. The third kappa shape index (κ3) is 18.1. The van der Waals surface area contributed by atoms with Gasteiger partial charge >= 0.3 is 0 Å². The SMILES string of the molecule is C1CCOC1.COCCOc1ccc(C(C#N)(CCCO)C(C)C)cc1OC.COCCOc1ccc(C(C#N)C(C)C)cc1OC.OCCCBr. The number of rotatable bonds is 19. The average molecular weight is 796 g/mol. The number of aliphatic hydroxyl groups is 2. The Morgan fingerprint density at radius 3 is 1.67 bits per heavy atom. The molecule has 2 unspecified atom stereocenters. The first-order valence-corrected chi connectivity index (χ1v) is 19.0. The number of methoxy groups -OCH3 is 4. The highest BCUT2D eigenvalue weighted by Gasteiger charge is 2.36. The molecule has 2 atom stereocenters. The Morgan fingerprint density at radius 2 is 1.31 bits per heavy atom. The van der Waals surface area contributed by atoms with Gasteiger partial charge in [-0.2, -0.15) is 10.5 Å². The molecule has 1 fully saturated rings. The number of hydrogen-bond donors (Lipinski definition) is 2. The predicted octanol–water partition coefficient (Wildman–Crippen LogP) is 7.45. The van der Waals surface area contributed by atoms with Crippen LogP contribution in [0.1, 0.15) is 76.8 Å². The maximum Gasteiger partial charge on any atom is 0.161 e. The second-order valence-electron chi connectivity index (χ2n) is 12.5. The molecule has 12 heteroatoms. The largest absolute Gasteiger partial charge is 0.493 e. The standard InChI is InChI=1S/C18H27NO4.C15H21NO3.C4H8O.C3H7BrO/c1-14(2)18(13-19,8-5-9-20)15-6-7-16(17(12-15)22-4)23-11-10-21-3;1-11(2)13(10-16)12-5-6-14(15(9-12)18-4)19-8-7-17-3;1-2-4-5-3-1;4-2-1-3-5/h6-7,12,14,20H,5,8-11H2,1-4H3;5-6,9,11,13H,7-8H2,1-4H3;1-4H2;5H,1-3H2. The van der Waals surface area contributed by atoms with Crippen molar-refractivity contribution in [3.8, 4) is 35.1 Å². The smallest absolute Gasteiger partial charge is 0.161 e. The van der Waals surface area contributed by atoms with Crippen LogP contribution in [0.15, 0.2) is 36.4 Å². The van der Waals surface area contributed by atoms with Crippen molar-refractivity contribution < 1.29 is 43.4 Å². The van der Waals surface area contributed by atoms with Gasteiger partial charge in [-0.3, -0.25) is 0 Å². The zero-order valence-electron chi connectivity index (χ0n) is 32.6. The molecule has 294 valence electrons. The average Bonchev–Trinajstić information content (AvgIpc) is 3.75. The van der Waals surface area contributed by atoms with Crippen LogP contribution in [0.2, 0.25) is 0 Å². The van der Waals surface area contributed by atoms with Gasteiger partial charge in [-0.05, 0) is 79.3 Å². The number of alkyl halides is 1. The van der Waals surface area contributed by atoms with Crippen molar-refractivity contribution in [3.05, 3.63) is 47.5 Å². The molecule has 1 saturated heterocycles. The number of ether oxygens (including phenoxy) is 7. The lowest BCUT2D eigenvalue weighted by Crippen LogP contribution is -2.31. The summed E-state index contributed by atoms with van der Waals surface area (Å²) in [4.78, 5) is 0. The van der Waals surface area contributed by atoms with Crippen molar-refractivity contribution in [1.29, 1.82) is 10.5 Å². The first-order chi connectivity index (χ1) is 25.1. The van der Waals surface area contributed by atoms with Gasteiger partial charge in [-0.15, -0.1) is 0 Å². The second kappa shape index (κ2) is 30.4. The third-order valence-electron chi connectivity index (χ3n) is 8.15. The van der Waals surface area contributed by atoms with E-state index in [0.29, 0.717) is 68.9 Å². The monoisotopic (exact) mass is 794 g/mol. The fourth-order valence-corrected chi connectivity index (χ4v) is 5.33. The molecule has 0 radical (unpaired) electrons. The lowest BCUT2D eigenvalue weighted by Gasteiger charge is -2.31. The number of hydrogen-bond acceptors (Lipinski definition) is 11. The number of nitriles is 2. The van der Waals surface area contributed by atoms with E-state index in [2.05, 4.69) is 28.1 Å². The number of nitrogens with zero attached hydrogens (tertiary/aromatic N) is 2. The van der Waals surface area contributed by atoms with Crippen LogP contribution in [0.5, 0.6) is 23.0 Å². The van der Waals surface area contributed by atoms with Crippen molar-refractivity contribution in [2.75, 3.05) is 86.6 Å². The van der Waals surface area contributed by atoms with Gasteiger partial charge in [0, 0.05) is 46.0 Å². The van der Waals surface area contributed by atoms with Crippen molar-refractivity contribution in [1.82, 2.24) is 0 Å². The summed E-state index contributed by atoms with van der Waals surface area (Å²) in [5, 5.41) is 37.1. The molecule has 0 spiro atoms. The highest BCUT2D eigenvalue weighted by atomic mass is 79.9. The maximum absolute atomic E-state index is 9.81. The summed E-state index contributed by atoms with van der Waals surface area (Å²) in [6.07, 6.45) is 4.60. The minimum absolute atomic E-state index is 0.0749. The molecular formula is C40H63BrN2O9. The van der Waals surface area contributed by atoms with Crippen molar-refractivity contribution >= 4 is 15.9 Å². The Kier molecular flexibility index (Phi) is 28.6. The third-order valence-corrected chi connectivity index (χ3v) is 8.72. The molecular weight excluding hydrogens is 732 g/mol. The van der Waals surface area contributed by atoms with Gasteiger partial charge in [0.1, 0.15) is 13.2 Å². The van der Waals surface area contributed by atoms with E-state index in [0.717, 1.165) is 36.1 Å². The number of aliphatic hydroxyl groups excluding tert-OH is 2. The molecule has 0 bridgehead atoms. The molecule has 0 aromatic heterocycles. The summed E-state index contributed by atoms with van der Waals surface area (Å²) < 4.78 is 36.8. The van der Waals surface area contributed by atoms with E-state index >= 15 is 0 Å². The van der Waals surface area contributed by atoms with Gasteiger partial charge in [0.2, 0.25) is 0 Å². The van der Waals surface area contributed by atoms with Crippen molar-refractivity contribution in [2.45, 2.75) is 71.1 Å². The van der Waals surface area contributed by atoms with Crippen LogP contribution in [-0.2, 0) is 19.6 Å². The van der Waals surface area contributed by atoms with E-state index in [1.54, 1.807) is 28.4 Å². The van der Waals surface area contributed by atoms with Gasteiger partial charge in [0.25, 0.3) is 0 Å². The Morgan fingerprint density at radius 1 is 0.769 bits per heavy atom. The summed E-state index contributed by atoms with van der Waals surface area (Å²) in [5.41, 5.74) is 1.19. The molecule has 52 heavy (non-hydrogen) atoms. The van der Waals surface area contributed by atoms with E-state index < -0.39 is 5.41 Å². The van der Waals surface area contributed by atoms with Crippen LogP contribution < -0.4 is 18.9 Å². The molecule has 2 aromatic carbocycles. The number of halogens is 1. The molecule has 0 aliphatic carbocycles. The fraction of sp³-hybridized carbons (Fsp3) is 0.650. The predicted molar refractivity (Wildman–Crippen MR) is 208 cm³/mol. The van der Waals surface area contributed by atoms with Gasteiger partial charge < -0.3 is 43.4 Å². The molecule has 11 nitrogen and oxygen atoms in total. The first-order valence-electron chi connectivity index (χ1n) is 17.9. The summed E-state index contributed by atoms with van der Waals surface area (Å²) in [7, 11) is 6.43. The van der Waals surface area contributed by atoms with Crippen LogP contribution in [0.25, 0.3) is 0 Å². The van der Waals surface area contributed by atoms with Crippen LogP contribution in [0.4, 0.5) is 0 Å². The molecule has 2 aromatic rings. The van der Waals surface area contributed by atoms with E-state index in [-0.39, 0.29) is 24.4 Å². The zero-order valence-corrected chi connectivity index (χ0v) is 34.2. The number of benzene rings is 2. The lowest BCUT2D eigenvalue weighted by molar-refractivity contribution is 0.144. The first kappa shape index (κ1) is 48.9. The van der Waals surface area contributed by atoms with Crippen LogP contribution in [0, 0.1) is 34.5 Å². The summed E-state index contributed by atoms with van der Waals surface area (Å²) in [6.45, 7) is 12.4. The van der Waals surface area contributed by atoms with Crippen LogP contribution in [0.3, 0.4) is 0 Å². The topological polar surface area (TPSA) is 153 Å². The van der Waals surface area contributed by atoms with Gasteiger partial charge in [0.05, 0.1) is 50.9 Å². The second-order valence-corrected chi connectivity index (χ2v) is 13.3. The van der Waals surface area contributed by atoms with E-state index in [4.69, 9.17) is 43.4 Å². The minimum atomic E-state index is -0.652. The van der Waals surface area contributed by atoms with Crippen molar-refractivity contribution in [3.63, 3.8) is 0 Å². The van der Waals surface area contributed by atoms with Gasteiger partial charge in [-0.1, -0.05) is 55.8 Å². The van der Waals surface area contributed by atoms with Crippen molar-refractivity contribution in [2.24, 2.45) is 11.8 Å². The zero-order chi connectivity index (χ0) is 39.2. The molecule has 1 aliphatic heterocycles. The van der Waals surface area contributed by atoms with Crippen LogP contribution >= 0.6 is 15.9 Å². The molecule has 0 saturated carbocycles. The Labute approximate surface area is 321 Å². The molecule has 0 amide bonds. The summed E-state index contributed by atoms with van der Waals surface area (Å²) in [5.74, 6) is 2.79. The molecule has 3 rings (SSSR count). The highest BCUT2D eigenvalue weighted by Crippen LogP contribution is 2.40. The summed E-state index contributed by atoms with van der Waals surface area (Å²) >= 11 is 3.15. The normalized spacial score (nSPS) is 13.4. The van der Waals surface area contributed by atoms with E-state index in [1.165, 1.54) is 12.8 Å². The fourth-order valence-electron chi connectivity index (χ4n) is 5.08. The van der Waals surface area contributed by atoms with Gasteiger partial charge in [0.15, 0.2) is 23.0 Å². The maximum atomic E-state index is 9.81. The molecule has 2 N–H and O–H groups in total. The Balaban J connectivity index is 0.000000796. The highest BCUT2D eigenvalue weighted by molar-refractivity contribution is 9.09. The lowest BCUT2D eigenvalue weighted by atomic mass is 9.70. The minimum Gasteiger partial charge on any atom is -0.493 e. The van der Waals surface area contributed by atoms with E-state index in [1.807, 2.05) is 64.1 Å². The quantitative estimate of drug-likeness (QED) is 0.108. The van der Waals surface area contributed by atoms with Gasteiger partial charge in [-0.25, -0.2) is 0 Å². The molecule has 1 heterocycles. The van der Waals surface area contributed by atoms with Crippen LogP contribution in [-0.4, -0.2) is 96.8 Å². The molecule has 1 aliphatic rings. The Bertz CT molecular complexity index is 1270. The summed E-state index contributed by atoms with van der Waals surface area (Å²) in [6, 6.07) is 16.0.